The number of carbonyl (C=O) groups excluding carboxylic acids is 1. The Morgan fingerprint density at radius 1 is 1.03 bits per heavy atom. The summed E-state index contributed by atoms with van der Waals surface area (Å²) >= 11 is 0. The van der Waals surface area contributed by atoms with Gasteiger partial charge in [0, 0.05) is 32.2 Å². The molecule has 2 aromatic carbocycles. The number of likely N-dealkylation sites (tertiary alicyclic amines) is 2. The zero-order valence-electron chi connectivity index (χ0n) is 20.7. The van der Waals surface area contributed by atoms with Crippen molar-refractivity contribution in [3.05, 3.63) is 65.7 Å². The van der Waals surface area contributed by atoms with Gasteiger partial charge in [-0.05, 0) is 68.6 Å². The van der Waals surface area contributed by atoms with Crippen LogP contribution in [0.4, 0.5) is 0 Å². The number of ether oxygens (including phenoxy) is 1. The van der Waals surface area contributed by atoms with E-state index in [0.717, 1.165) is 51.2 Å². The lowest BCUT2D eigenvalue weighted by Gasteiger charge is -2.38. The van der Waals surface area contributed by atoms with Crippen LogP contribution >= 0.6 is 0 Å². The van der Waals surface area contributed by atoms with E-state index >= 15 is 0 Å². The lowest BCUT2D eigenvalue weighted by atomic mass is 10.0. The van der Waals surface area contributed by atoms with E-state index in [2.05, 4.69) is 51.6 Å². The molecule has 6 nitrogen and oxygen atoms in total. The number of hydrogen-bond donors (Lipinski definition) is 2. The van der Waals surface area contributed by atoms with Crippen molar-refractivity contribution in [2.24, 2.45) is 0 Å². The number of nitrogens with one attached hydrogen (secondary N) is 2. The highest BCUT2D eigenvalue weighted by Crippen LogP contribution is 2.27. The molecule has 2 saturated heterocycles. The van der Waals surface area contributed by atoms with Gasteiger partial charge in [-0.15, -0.1) is 0 Å². The predicted octanol–water partition coefficient (Wildman–Crippen LogP) is 3.42. The Labute approximate surface area is 204 Å². The van der Waals surface area contributed by atoms with E-state index < -0.39 is 0 Å². The lowest BCUT2D eigenvalue weighted by Crippen LogP contribution is -2.51. The summed E-state index contributed by atoms with van der Waals surface area (Å²) in [5, 5.41) is 6.61. The topological polar surface area (TPSA) is 56.8 Å². The lowest BCUT2D eigenvalue weighted by molar-refractivity contribution is -0.126. The van der Waals surface area contributed by atoms with Crippen molar-refractivity contribution in [3.8, 4) is 5.75 Å². The first-order valence-electron chi connectivity index (χ1n) is 12.8. The number of hydrogen-bond acceptors (Lipinski definition) is 5. The molecule has 0 radical (unpaired) electrons. The van der Waals surface area contributed by atoms with Crippen molar-refractivity contribution in [3.63, 3.8) is 0 Å². The van der Waals surface area contributed by atoms with Gasteiger partial charge in [0.25, 0.3) is 0 Å². The Morgan fingerprint density at radius 2 is 1.76 bits per heavy atom. The van der Waals surface area contributed by atoms with Gasteiger partial charge < -0.3 is 20.3 Å². The highest BCUT2D eigenvalue weighted by molar-refractivity contribution is 5.82. The van der Waals surface area contributed by atoms with E-state index in [9.17, 15) is 4.79 Å². The Kier molecular flexibility index (Phi) is 8.97. The normalized spacial score (nSPS) is 22.1. The van der Waals surface area contributed by atoms with E-state index in [1.807, 2.05) is 30.3 Å². The Morgan fingerprint density at radius 3 is 2.44 bits per heavy atom. The van der Waals surface area contributed by atoms with Gasteiger partial charge in [-0.25, -0.2) is 0 Å². The molecule has 0 aromatic heterocycles. The number of amides is 1. The highest BCUT2D eigenvalue weighted by Gasteiger charge is 2.40. The Hall–Kier alpha value is -2.41. The number of piperidine rings is 1. The second-order valence-electron chi connectivity index (χ2n) is 9.63. The summed E-state index contributed by atoms with van der Waals surface area (Å²) in [6.45, 7) is 8.04. The number of benzene rings is 2. The summed E-state index contributed by atoms with van der Waals surface area (Å²) in [5.41, 5.74) is 2.40. The fourth-order valence-electron chi connectivity index (χ4n) is 5.33. The van der Waals surface area contributed by atoms with Gasteiger partial charge in [0.2, 0.25) is 5.91 Å². The molecule has 2 heterocycles. The molecule has 184 valence electrons. The summed E-state index contributed by atoms with van der Waals surface area (Å²) in [7, 11) is 1.76. The molecule has 2 N–H and O–H groups in total. The standard InChI is InChI=1S/C28H40N4O2/c1-3-15-31-16-13-25(14-17-31)32-20-24(18-27(32)28(33)29-2)30-19-22-9-11-26(12-10-22)34-21-23-7-5-4-6-8-23/h4-12,24-25,27,30H,3,13-21H2,1-2H3,(H,29,33)/t24-,27+/m1/s1. The molecule has 2 aliphatic rings. The summed E-state index contributed by atoms with van der Waals surface area (Å²) in [6, 6.07) is 19.3. The van der Waals surface area contributed by atoms with Crippen LogP contribution < -0.4 is 15.4 Å². The molecule has 4 rings (SSSR count). The molecule has 2 atom stereocenters. The molecule has 2 aromatic rings. The first kappa shape index (κ1) is 24.7. The molecule has 34 heavy (non-hydrogen) atoms. The summed E-state index contributed by atoms with van der Waals surface area (Å²) in [6.07, 6.45) is 4.39. The van der Waals surface area contributed by atoms with Crippen LogP contribution in [0.15, 0.2) is 54.6 Å². The zero-order chi connectivity index (χ0) is 23.8. The Balaban J connectivity index is 1.27. The molecule has 6 heteroatoms. The van der Waals surface area contributed by atoms with Crippen molar-refractivity contribution in [1.82, 2.24) is 20.4 Å². The fraction of sp³-hybridized carbons (Fsp3) is 0.536. The van der Waals surface area contributed by atoms with E-state index in [4.69, 9.17) is 4.74 Å². The quantitative estimate of drug-likeness (QED) is 0.564. The minimum atomic E-state index is -0.0287. The van der Waals surface area contributed by atoms with Gasteiger partial charge in [0.05, 0.1) is 6.04 Å². The second kappa shape index (κ2) is 12.3. The third-order valence-corrected chi connectivity index (χ3v) is 7.22. The van der Waals surface area contributed by atoms with Crippen molar-refractivity contribution in [2.45, 2.75) is 63.9 Å². The second-order valence-corrected chi connectivity index (χ2v) is 9.63. The van der Waals surface area contributed by atoms with Gasteiger partial charge >= 0.3 is 0 Å². The molecular formula is C28H40N4O2. The van der Waals surface area contributed by atoms with Crippen LogP contribution in [0.25, 0.3) is 0 Å². The molecule has 0 bridgehead atoms. The molecule has 0 saturated carbocycles. The summed E-state index contributed by atoms with van der Waals surface area (Å²) in [5.74, 6) is 1.04. The minimum Gasteiger partial charge on any atom is -0.489 e. The van der Waals surface area contributed by atoms with Crippen LogP contribution in [0.1, 0.15) is 43.7 Å². The molecule has 2 fully saturated rings. The first-order valence-corrected chi connectivity index (χ1v) is 12.8. The van der Waals surface area contributed by atoms with Crippen LogP contribution in [0.2, 0.25) is 0 Å². The van der Waals surface area contributed by atoms with Crippen molar-refractivity contribution in [2.75, 3.05) is 33.2 Å². The molecular weight excluding hydrogens is 424 g/mol. The smallest absolute Gasteiger partial charge is 0.237 e. The average Bonchev–Trinajstić information content (AvgIpc) is 3.32. The van der Waals surface area contributed by atoms with E-state index in [1.165, 1.54) is 24.1 Å². The fourth-order valence-corrected chi connectivity index (χ4v) is 5.33. The third-order valence-electron chi connectivity index (χ3n) is 7.22. The van der Waals surface area contributed by atoms with Gasteiger partial charge in [-0.2, -0.15) is 0 Å². The first-order chi connectivity index (χ1) is 16.7. The summed E-state index contributed by atoms with van der Waals surface area (Å²) < 4.78 is 5.91. The molecule has 0 spiro atoms. The number of nitrogens with zero attached hydrogens (tertiary/aromatic N) is 2. The van der Waals surface area contributed by atoms with Gasteiger partial charge in [-0.3, -0.25) is 9.69 Å². The van der Waals surface area contributed by atoms with Crippen molar-refractivity contribution < 1.29 is 9.53 Å². The van der Waals surface area contributed by atoms with Crippen LogP contribution in [0, 0.1) is 0 Å². The molecule has 0 unspecified atom stereocenters. The van der Waals surface area contributed by atoms with E-state index in [1.54, 1.807) is 7.05 Å². The van der Waals surface area contributed by atoms with Crippen molar-refractivity contribution >= 4 is 5.91 Å². The monoisotopic (exact) mass is 464 g/mol. The largest absolute Gasteiger partial charge is 0.489 e. The molecule has 1 amide bonds. The number of likely N-dealkylation sites (N-methyl/N-ethyl adjacent to an activating group) is 1. The minimum absolute atomic E-state index is 0.0287. The van der Waals surface area contributed by atoms with Crippen LogP contribution in [0.5, 0.6) is 5.75 Å². The van der Waals surface area contributed by atoms with Crippen LogP contribution in [0.3, 0.4) is 0 Å². The van der Waals surface area contributed by atoms with Gasteiger partial charge in [0.1, 0.15) is 12.4 Å². The number of carbonyl (C=O) groups is 1. The maximum atomic E-state index is 12.7. The van der Waals surface area contributed by atoms with E-state index in [0.29, 0.717) is 18.7 Å². The average molecular weight is 465 g/mol. The highest BCUT2D eigenvalue weighted by atomic mass is 16.5. The van der Waals surface area contributed by atoms with Crippen LogP contribution in [-0.4, -0.2) is 67.1 Å². The van der Waals surface area contributed by atoms with Gasteiger partial charge in [0.15, 0.2) is 0 Å². The number of rotatable bonds is 10. The maximum Gasteiger partial charge on any atom is 0.237 e. The van der Waals surface area contributed by atoms with Crippen molar-refractivity contribution in [1.29, 1.82) is 0 Å². The zero-order valence-corrected chi connectivity index (χ0v) is 20.7. The summed E-state index contributed by atoms with van der Waals surface area (Å²) in [4.78, 5) is 17.7. The SMILES string of the molecule is CCCN1CCC(N2C[C@H](NCc3ccc(OCc4ccccc4)cc3)C[C@H]2C(=O)NC)CC1. The van der Waals surface area contributed by atoms with E-state index in [-0.39, 0.29) is 11.9 Å². The van der Waals surface area contributed by atoms with Gasteiger partial charge in [-0.1, -0.05) is 49.4 Å². The third kappa shape index (κ3) is 6.59. The molecule has 0 aliphatic carbocycles. The molecule has 2 aliphatic heterocycles. The predicted molar refractivity (Wildman–Crippen MR) is 137 cm³/mol. The maximum absolute atomic E-state index is 12.7. The Bertz CT molecular complexity index is 881. The van der Waals surface area contributed by atoms with Crippen LogP contribution in [-0.2, 0) is 17.9 Å².